The van der Waals surface area contributed by atoms with E-state index in [2.05, 4.69) is 17.6 Å². The second kappa shape index (κ2) is 9.57. The Hall–Kier alpha value is -2.69. The molecule has 2 rings (SSSR count). The second-order valence-electron chi connectivity index (χ2n) is 5.89. The van der Waals surface area contributed by atoms with E-state index in [0.29, 0.717) is 18.7 Å². The first kappa shape index (κ1) is 18.6. The molecule has 0 aliphatic heterocycles. The minimum absolute atomic E-state index is 0.298. The van der Waals surface area contributed by atoms with Gasteiger partial charge in [-0.2, -0.15) is 0 Å². The highest BCUT2D eigenvalue weighted by Crippen LogP contribution is 2.11. The summed E-state index contributed by atoms with van der Waals surface area (Å²) >= 11 is 0. The van der Waals surface area contributed by atoms with Crippen molar-refractivity contribution in [1.29, 1.82) is 0 Å². The van der Waals surface area contributed by atoms with Gasteiger partial charge in [-0.05, 0) is 54.7 Å². The average Bonchev–Trinajstić information content (AvgIpc) is 2.62. The molecule has 2 aromatic carbocycles. The molecule has 0 aliphatic rings. The van der Waals surface area contributed by atoms with Gasteiger partial charge in [-0.25, -0.2) is 4.39 Å². The van der Waals surface area contributed by atoms with Crippen molar-refractivity contribution in [2.24, 2.45) is 0 Å². The highest BCUT2D eigenvalue weighted by molar-refractivity contribution is 6.39. The lowest BCUT2D eigenvalue weighted by atomic mass is 10.1. The maximum Gasteiger partial charge on any atom is 0.313 e. The summed E-state index contributed by atoms with van der Waals surface area (Å²) in [6, 6.07) is 13.6. The van der Waals surface area contributed by atoms with Crippen LogP contribution in [0.3, 0.4) is 0 Å². The molecule has 0 heterocycles. The highest BCUT2D eigenvalue weighted by atomic mass is 19.1. The number of unbranched alkanes of at least 4 members (excludes halogenated alkanes) is 1. The Morgan fingerprint density at radius 1 is 0.880 bits per heavy atom. The van der Waals surface area contributed by atoms with E-state index in [0.717, 1.165) is 24.8 Å². The number of benzene rings is 2. The van der Waals surface area contributed by atoms with Gasteiger partial charge in [0.15, 0.2) is 0 Å². The topological polar surface area (TPSA) is 58.2 Å². The van der Waals surface area contributed by atoms with Crippen LogP contribution in [0.4, 0.5) is 10.1 Å². The molecule has 0 fully saturated rings. The van der Waals surface area contributed by atoms with Gasteiger partial charge in [-0.15, -0.1) is 0 Å². The van der Waals surface area contributed by atoms with E-state index in [1.807, 2.05) is 12.1 Å². The van der Waals surface area contributed by atoms with Gasteiger partial charge in [0.25, 0.3) is 0 Å². The molecule has 0 saturated heterocycles. The smallest absolute Gasteiger partial charge is 0.313 e. The van der Waals surface area contributed by atoms with Crippen molar-refractivity contribution in [2.45, 2.75) is 32.6 Å². The number of amides is 2. The van der Waals surface area contributed by atoms with Gasteiger partial charge in [0.05, 0.1) is 0 Å². The zero-order valence-corrected chi connectivity index (χ0v) is 14.3. The fourth-order valence-electron chi connectivity index (χ4n) is 2.38. The van der Waals surface area contributed by atoms with Crippen molar-refractivity contribution in [3.63, 3.8) is 0 Å². The normalized spacial score (nSPS) is 10.3. The van der Waals surface area contributed by atoms with E-state index >= 15 is 0 Å². The van der Waals surface area contributed by atoms with Crippen molar-refractivity contribution < 1.29 is 14.0 Å². The highest BCUT2D eigenvalue weighted by Gasteiger charge is 2.13. The van der Waals surface area contributed by atoms with Crippen LogP contribution >= 0.6 is 0 Å². The molecule has 0 atom stereocenters. The summed E-state index contributed by atoms with van der Waals surface area (Å²) in [6.07, 6.45) is 3.80. The maximum absolute atomic E-state index is 12.8. The number of nitrogens with one attached hydrogen (secondary N) is 2. The molecule has 0 saturated carbocycles. The zero-order chi connectivity index (χ0) is 18.1. The van der Waals surface area contributed by atoms with Gasteiger partial charge in [0, 0.05) is 12.2 Å². The second-order valence-corrected chi connectivity index (χ2v) is 5.89. The third-order valence-electron chi connectivity index (χ3n) is 3.85. The Bertz CT molecular complexity index is 697. The quantitative estimate of drug-likeness (QED) is 0.757. The van der Waals surface area contributed by atoms with Crippen LogP contribution in [-0.4, -0.2) is 18.4 Å². The Morgan fingerprint density at radius 3 is 2.12 bits per heavy atom. The predicted octanol–water partition coefficient (Wildman–Crippen LogP) is 3.47. The minimum atomic E-state index is -0.694. The molecule has 25 heavy (non-hydrogen) atoms. The van der Waals surface area contributed by atoms with Crippen molar-refractivity contribution in [1.82, 2.24) is 5.32 Å². The van der Waals surface area contributed by atoms with Crippen LogP contribution < -0.4 is 10.6 Å². The maximum atomic E-state index is 12.8. The van der Waals surface area contributed by atoms with Crippen LogP contribution in [-0.2, 0) is 22.4 Å². The number of carbonyl (C=O) groups is 2. The molecule has 4 nitrogen and oxygen atoms in total. The SMILES string of the molecule is CCCCc1ccc(NC(=O)C(=O)NCCc2ccc(F)cc2)cc1. The number of anilines is 1. The molecule has 2 N–H and O–H groups in total. The van der Waals surface area contributed by atoms with Gasteiger partial charge in [0.2, 0.25) is 0 Å². The van der Waals surface area contributed by atoms with E-state index < -0.39 is 11.8 Å². The van der Waals surface area contributed by atoms with Crippen molar-refractivity contribution >= 4 is 17.5 Å². The van der Waals surface area contributed by atoms with Gasteiger partial charge in [-0.1, -0.05) is 37.6 Å². The van der Waals surface area contributed by atoms with Gasteiger partial charge in [-0.3, -0.25) is 9.59 Å². The summed E-state index contributed by atoms with van der Waals surface area (Å²) in [5, 5.41) is 5.14. The molecule has 0 bridgehead atoms. The summed E-state index contributed by atoms with van der Waals surface area (Å²) in [6.45, 7) is 2.46. The number of hydrogen-bond acceptors (Lipinski definition) is 2. The summed E-state index contributed by atoms with van der Waals surface area (Å²) < 4.78 is 12.8. The van der Waals surface area contributed by atoms with Crippen LogP contribution in [0.2, 0.25) is 0 Å². The largest absolute Gasteiger partial charge is 0.347 e. The van der Waals surface area contributed by atoms with E-state index in [1.54, 1.807) is 24.3 Å². The molecule has 5 heteroatoms. The monoisotopic (exact) mass is 342 g/mol. The van der Waals surface area contributed by atoms with E-state index in [9.17, 15) is 14.0 Å². The third kappa shape index (κ3) is 6.37. The zero-order valence-electron chi connectivity index (χ0n) is 14.3. The lowest BCUT2D eigenvalue weighted by molar-refractivity contribution is -0.136. The average molecular weight is 342 g/mol. The number of hydrogen-bond donors (Lipinski definition) is 2. The van der Waals surface area contributed by atoms with E-state index in [4.69, 9.17) is 0 Å². The van der Waals surface area contributed by atoms with Crippen molar-refractivity contribution in [3.8, 4) is 0 Å². The van der Waals surface area contributed by atoms with Crippen LogP contribution in [0, 0.1) is 5.82 Å². The Labute approximate surface area is 147 Å². The van der Waals surface area contributed by atoms with Gasteiger partial charge < -0.3 is 10.6 Å². The van der Waals surface area contributed by atoms with Gasteiger partial charge in [0.1, 0.15) is 5.82 Å². The molecular formula is C20H23FN2O2. The molecule has 0 spiro atoms. The predicted molar refractivity (Wildman–Crippen MR) is 96.8 cm³/mol. The fourth-order valence-corrected chi connectivity index (χ4v) is 2.38. The van der Waals surface area contributed by atoms with Crippen LogP contribution in [0.5, 0.6) is 0 Å². The number of carbonyl (C=O) groups excluding carboxylic acids is 2. The molecule has 0 aromatic heterocycles. The molecule has 0 radical (unpaired) electrons. The summed E-state index contributed by atoms with van der Waals surface area (Å²) in [5.74, 6) is -1.68. The fraction of sp³-hybridized carbons (Fsp3) is 0.300. The molecular weight excluding hydrogens is 319 g/mol. The van der Waals surface area contributed by atoms with Crippen LogP contribution in [0.15, 0.2) is 48.5 Å². The van der Waals surface area contributed by atoms with Crippen LogP contribution in [0.1, 0.15) is 30.9 Å². The Balaban J connectivity index is 1.75. The van der Waals surface area contributed by atoms with E-state index in [-0.39, 0.29) is 5.82 Å². The number of aryl methyl sites for hydroxylation is 1. The summed E-state index contributed by atoms with van der Waals surface area (Å²) in [4.78, 5) is 23.7. The van der Waals surface area contributed by atoms with Crippen molar-refractivity contribution in [2.75, 3.05) is 11.9 Å². The first-order valence-corrected chi connectivity index (χ1v) is 8.51. The molecule has 2 aromatic rings. The molecule has 132 valence electrons. The molecule has 2 amide bonds. The summed E-state index contributed by atoms with van der Waals surface area (Å²) in [7, 11) is 0. The number of rotatable bonds is 7. The third-order valence-corrected chi connectivity index (χ3v) is 3.85. The van der Waals surface area contributed by atoms with Crippen molar-refractivity contribution in [3.05, 3.63) is 65.5 Å². The Kier molecular flexibility index (Phi) is 7.14. The lowest BCUT2D eigenvalue weighted by Gasteiger charge is -2.07. The first-order valence-electron chi connectivity index (χ1n) is 8.51. The first-order chi connectivity index (χ1) is 12.1. The van der Waals surface area contributed by atoms with Crippen LogP contribution in [0.25, 0.3) is 0 Å². The van der Waals surface area contributed by atoms with Gasteiger partial charge >= 0.3 is 11.8 Å². The molecule has 0 aliphatic carbocycles. The number of halogens is 1. The standard InChI is InChI=1S/C20H23FN2O2/c1-2-3-4-15-7-11-18(12-8-15)23-20(25)19(24)22-14-13-16-5-9-17(21)10-6-16/h5-12H,2-4,13-14H2,1H3,(H,22,24)(H,23,25). The minimum Gasteiger partial charge on any atom is -0.347 e. The Morgan fingerprint density at radius 2 is 1.48 bits per heavy atom. The lowest BCUT2D eigenvalue weighted by Crippen LogP contribution is -2.36. The molecule has 0 unspecified atom stereocenters. The summed E-state index contributed by atoms with van der Waals surface area (Å²) in [5.41, 5.74) is 2.70. The van der Waals surface area contributed by atoms with E-state index in [1.165, 1.54) is 17.7 Å².